The molecule has 1 N–H and O–H groups in total. The molecule has 1 aromatic heterocycles. The monoisotopic (exact) mass is 312 g/mol. The number of likely N-dealkylation sites (tertiary alicyclic amines) is 2. The number of aromatic amines is 1. The Kier molecular flexibility index (Phi) is 3.60. The highest BCUT2D eigenvalue weighted by molar-refractivity contribution is 6.06. The molecule has 0 unspecified atom stereocenters. The second kappa shape index (κ2) is 5.64. The Labute approximate surface area is 136 Å². The van der Waals surface area contributed by atoms with Crippen LogP contribution in [0.3, 0.4) is 0 Å². The van der Waals surface area contributed by atoms with Crippen LogP contribution in [0.1, 0.15) is 41.6 Å². The number of nitrogens with one attached hydrogen (secondary N) is 1. The highest BCUT2D eigenvalue weighted by Crippen LogP contribution is 2.31. The molecule has 0 aliphatic carbocycles. The smallest absolute Gasteiger partial charge is 0.256 e. The van der Waals surface area contributed by atoms with E-state index in [1.165, 1.54) is 12.8 Å². The number of amides is 1. The summed E-state index contributed by atoms with van der Waals surface area (Å²) in [4.78, 5) is 17.8. The van der Waals surface area contributed by atoms with E-state index in [9.17, 15) is 4.79 Å². The molecule has 2 saturated heterocycles. The summed E-state index contributed by atoms with van der Waals surface area (Å²) in [5.74, 6) is 0.158. The molecule has 2 fully saturated rings. The van der Waals surface area contributed by atoms with E-state index in [1.807, 2.05) is 13.0 Å². The third kappa shape index (κ3) is 2.43. The van der Waals surface area contributed by atoms with Crippen LogP contribution in [0.15, 0.2) is 18.3 Å². The van der Waals surface area contributed by atoms with Gasteiger partial charge in [0, 0.05) is 24.0 Å². The minimum atomic E-state index is 0.158. The molecule has 0 saturated carbocycles. The number of hydrogen-bond donors (Lipinski definition) is 1. The average molecular weight is 312 g/mol. The molecule has 23 heavy (non-hydrogen) atoms. The summed E-state index contributed by atoms with van der Waals surface area (Å²) in [7, 11) is 2.19. The van der Waals surface area contributed by atoms with Gasteiger partial charge in [0.15, 0.2) is 0 Å². The van der Waals surface area contributed by atoms with Crippen LogP contribution in [0.2, 0.25) is 0 Å². The number of aryl methyl sites for hydroxylation is 1. The number of aromatic nitrogens is 2. The Hall–Kier alpha value is -1.88. The standard InChI is InChI=1S/C18H24N4O/c1-12-9-13-11-19-20-17(13)14(10-12)18(23)22-8-4-6-16(22)15-5-3-7-21(15)2/h9-11,15-16H,3-8H2,1-2H3,(H,19,20)/t15-,16+/m0/s1. The van der Waals surface area contributed by atoms with Crippen LogP contribution in [0.4, 0.5) is 0 Å². The lowest BCUT2D eigenvalue weighted by Crippen LogP contribution is -2.47. The molecule has 1 aromatic carbocycles. The molecule has 1 amide bonds. The third-order valence-corrected chi connectivity index (χ3v) is 5.50. The number of carbonyl (C=O) groups excluding carboxylic acids is 1. The summed E-state index contributed by atoms with van der Waals surface area (Å²) in [6.45, 7) is 4.06. The fourth-order valence-corrected chi connectivity index (χ4v) is 4.40. The van der Waals surface area contributed by atoms with Gasteiger partial charge in [-0.25, -0.2) is 0 Å². The zero-order chi connectivity index (χ0) is 16.0. The van der Waals surface area contributed by atoms with E-state index in [-0.39, 0.29) is 5.91 Å². The average Bonchev–Trinajstić information content (AvgIpc) is 3.24. The summed E-state index contributed by atoms with van der Waals surface area (Å²) < 4.78 is 0. The van der Waals surface area contributed by atoms with Crippen molar-refractivity contribution in [3.05, 3.63) is 29.5 Å². The molecule has 0 spiro atoms. The number of rotatable bonds is 2. The van der Waals surface area contributed by atoms with Gasteiger partial charge in [-0.1, -0.05) is 0 Å². The summed E-state index contributed by atoms with van der Waals surface area (Å²) in [6.07, 6.45) is 6.48. The molecular weight excluding hydrogens is 288 g/mol. The van der Waals surface area contributed by atoms with Crippen molar-refractivity contribution in [2.24, 2.45) is 0 Å². The molecule has 5 nitrogen and oxygen atoms in total. The normalized spacial score (nSPS) is 25.6. The van der Waals surface area contributed by atoms with Crippen LogP contribution in [0.25, 0.3) is 10.9 Å². The first-order valence-corrected chi connectivity index (χ1v) is 8.60. The minimum Gasteiger partial charge on any atom is -0.334 e. The van der Waals surface area contributed by atoms with E-state index in [1.54, 1.807) is 6.20 Å². The maximum absolute atomic E-state index is 13.2. The van der Waals surface area contributed by atoms with Crippen LogP contribution < -0.4 is 0 Å². The van der Waals surface area contributed by atoms with Crippen LogP contribution in [-0.2, 0) is 0 Å². The highest BCUT2D eigenvalue weighted by Gasteiger charge is 2.39. The van der Waals surface area contributed by atoms with Crippen molar-refractivity contribution in [3.63, 3.8) is 0 Å². The van der Waals surface area contributed by atoms with Gasteiger partial charge in [-0.15, -0.1) is 0 Å². The van der Waals surface area contributed by atoms with Crippen molar-refractivity contribution in [2.75, 3.05) is 20.1 Å². The van der Waals surface area contributed by atoms with Crippen molar-refractivity contribution >= 4 is 16.8 Å². The van der Waals surface area contributed by atoms with Crippen molar-refractivity contribution in [1.82, 2.24) is 20.0 Å². The number of fused-ring (bicyclic) bond motifs is 1. The summed E-state index contributed by atoms with van der Waals surface area (Å²) in [5, 5.41) is 8.14. The van der Waals surface area contributed by atoms with Gasteiger partial charge in [-0.3, -0.25) is 9.89 Å². The molecule has 2 aliphatic rings. The summed E-state index contributed by atoms with van der Waals surface area (Å²) >= 11 is 0. The Morgan fingerprint density at radius 1 is 1.22 bits per heavy atom. The lowest BCUT2D eigenvalue weighted by atomic mass is 10.0. The van der Waals surface area contributed by atoms with Crippen molar-refractivity contribution < 1.29 is 4.79 Å². The van der Waals surface area contributed by atoms with E-state index in [0.29, 0.717) is 12.1 Å². The Bertz CT molecular complexity index is 738. The number of benzene rings is 1. The maximum Gasteiger partial charge on any atom is 0.256 e. The second-order valence-electron chi connectivity index (χ2n) is 7.05. The van der Waals surface area contributed by atoms with Gasteiger partial charge in [0.25, 0.3) is 5.91 Å². The van der Waals surface area contributed by atoms with Gasteiger partial charge < -0.3 is 9.80 Å². The molecule has 122 valence electrons. The number of H-pyrrole nitrogens is 1. The molecular formula is C18H24N4O. The zero-order valence-electron chi connectivity index (χ0n) is 13.9. The molecule has 0 radical (unpaired) electrons. The quantitative estimate of drug-likeness (QED) is 0.927. The number of likely N-dealkylation sites (N-methyl/N-ethyl adjacent to an activating group) is 1. The van der Waals surface area contributed by atoms with Crippen LogP contribution in [0, 0.1) is 6.92 Å². The fraction of sp³-hybridized carbons (Fsp3) is 0.556. The van der Waals surface area contributed by atoms with Gasteiger partial charge in [-0.2, -0.15) is 5.10 Å². The fourth-order valence-electron chi connectivity index (χ4n) is 4.40. The van der Waals surface area contributed by atoms with Crippen molar-refractivity contribution in [3.8, 4) is 0 Å². The third-order valence-electron chi connectivity index (χ3n) is 5.50. The Morgan fingerprint density at radius 2 is 2.00 bits per heavy atom. The van der Waals surface area contributed by atoms with Crippen LogP contribution >= 0.6 is 0 Å². The van der Waals surface area contributed by atoms with Gasteiger partial charge in [0.05, 0.1) is 17.3 Å². The largest absolute Gasteiger partial charge is 0.334 e. The lowest BCUT2D eigenvalue weighted by Gasteiger charge is -2.33. The molecule has 3 heterocycles. The van der Waals surface area contributed by atoms with E-state index < -0.39 is 0 Å². The molecule has 2 aliphatic heterocycles. The number of hydrogen-bond acceptors (Lipinski definition) is 3. The Morgan fingerprint density at radius 3 is 2.78 bits per heavy atom. The highest BCUT2D eigenvalue weighted by atomic mass is 16.2. The summed E-state index contributed by atoms with van der Waals surface area (Å²) in [5.41, 5.74) is 2.74. The number of carbonyl (C=O) groups is 1. The molecule has 2 aromatic rings. The first kappa shape index (κ1) is 14.7. The van der Waals surface area contributed by atoms with E-state index in [0.717, 1.165) is 48.0 Å². The van der Waals surface area contributed by atoms with Crippen LogP contribution in [0.5, 0.6) is 0 Å². The van der Waals surface area contributed by atoms with Gasteiger partial charge >= 0.3 is 0 Å². The SMILES string of the molecule is Cc1cc(C(=O)N2CCC[C@@H]2[C@@H]2CCCN2C)c2[nH]ncc2c1. The first-order chi connectivity index (χ1) is 11.1. The van der Waals surface area contributed by atoms with Crippen molar-refractivity contribution in [1.29, 1.82) is 0 Å². The van der Waals surface area contributed by atoms with E-state index >= 15 is 0 Å². The van der Waals surface area contributed by atoms with E-state index in [4.69, 9.17) is 0 Å². The van der Waals surface area contributed by atoms with Gasteiger partial charge in [0.1, 0.15) is 0 Å². The molecule has 2 atom stereocenters. The minimum absolute atomic E-state index is 0.158. The van der Waals surface area contributed by atoms with Gasteiger partial charge in [0.2, 0.25) is 0 Å². The van der Waals surface area contributed by atoms with Crippen molar-refractivity contribution in [2.45, 2.75) is 44.7 Å². The predicted octanol–water partition coefficient (Wildman–Crippen LogP) is 2.57. The number of nitrogens with zero attached hydrogens (tertiary/aromatic N) is 3. The second-order valence-corrected chi connectivity index (χ2v) is 7.05. The first-order valence-electron chi connectivity index (χ1n) is 8.60. The maximum atomic E-state index is 13.2. The lowest BCUT2D eigenvalue weighted by molar-refractivity contribution is 0.0666. The zero-order valence-corrected chi connectivity index (χ0v) is 13.9. The van der Waals surface area contributed by atoms with Crippen LogP contribution in [-0.4, -0.2) is 58.1 Å². The Balaban J connectivity index is 1.68. The van der Waals surface area contributed by atoms with Gasteiger partial charge in [-0.05, 0) is 63.9 Å². The van der Waals surface area contributed by atoms with E-state index in [2.05, 4.69) is 33.1 Å². The molecule has 0 bridgehead atoms. The topological polar surface area (TPSA) is 52.2 Å². The molecule has 4 rings (SSSR count). The predicted molar refractivity (Wildman–Crippen MR) is 90.5 cm³/mol. The summed E-state index contributed by atoms with van der Waals surface area (Å²) in [6, 6.07) is 4.94. The molecule has 5 heteroatoms.